The van der Waals surface area contributed by atoms with Gasteiger partial charge in [-0.1, -0.05) is 0 Å². The Labute approximate surface area is 167 Å². The molecule has 1 aromatic carbocycles. The third-order valence-electron chi connectivity index (χ3n) is 5.01. The Balaban J connectivity index is 2.10. The van der Waals surface area contributed by atoms with E-state index in [0.717, 1.165) is 26.1 Å². The first-order valence-corrected chi connectivity index (χ1v) is 11.3. The van der Waals surface area contributed by atoms with Crippen molar-refractivity contribution < 1.29 is 27.6 Å². The Morgan fingerprint density at radius 3 is 2.54 bits per heavy atom. The summed E-state index contributed by atoms with van der Waals surface area (Å²) in [6, 6.07) is 4.51. The lowest BCUT2D eigenvalue weighted by atomic mass is 10.2. The van der Waals surface area contributed by atoms with Crippen LogP contribution in [0.5, 0.6) is 5.75 Å². The number of hydrogen-bond acceptors (Lipinski definition) is 5. The van der Waals surface area contributed by atoms with E-state index in [9.17, 15) is 13.2 Å². The Morgan fingerprint density at radius 2 is 1.93 bits per heavy atom. The summed E-state index contributed by atoms with van der Waals surface area (Å²) in [5.41, 5.74) is 0.308. The first-order chi connectivity index (χ1) is 13.4. The number of nitrogens with one attached hydrogen (secondary N) is 2. The Hall–Kier alpha value is -1.68. The number of amides is 1. The van der Waals surface area contributed by atoms with Crippen LogP contribution in [0, 0.1) is 0 Å². The Kier molecular flexibility index (Phi) is 8.68. The molecule has 8 nitrogen and oxygen atoms in total. The van der Waals surface area contributed by atoms with Crippen LogP contribution in [-0.2, 0) is 14.8 Å². The Morgan fingerprint density at radius 1 is 1.25 bits per heavy atom. The number of rotatable bonds is 10. The van der Waals surface area contributed by atoms with E-state index in [0.29, 0.717) is 25.3 Å². The van der Waals surface area contributed by atoms with Gasteiger partial charge >= 0.3 is 0 Å². The standard InChI is InChI=1S/C19H31N3O5S/c1-4-21(5-2)10-6-9-20-19(23)16-7-8-17(26-3)18(15-16)28(24,25)22-11-13-27-14-12-22/h7-8,15H,4-6,9-14H2,1-3H3,(H,20,23)/p+1. The van der Waals surface area contributed by atoms with Gasteiger partial charge in [0.15, 0.2) is 0 Å². The zero-order valence-corrected chi connectivity index (χ0v) is 17.8. The zero-order valence-electron chi connectivity index (χ0n) is 17.0. The van der Waals surface area contributed by atoms with E-state index in [4.69, 9.17) is 9.47 Å². The second-order valence-corrected chi connectivity index (χ2v) is 8.61. The van der Waals surface area contributed by atoms with Gasteiger partial charge in [-0.15, -0.1) is 0 Å². The molecule has 0 unspecified atom stereocenters. The molecule has 2 N–H and O–H groups in total. The number of carbonyl (C=O) groups excluding carboxylic acids is 1. The van der Waals surface area contributed by atoms with Crippen molar-refractivity contribution in [3.8, 4) is 5.75 Å². The third kappa shape index (κ3) is 5.66. The van der Waals surface area contributed by atoms with Crippen molar-refractivity contribution in [1.29, 1.82) is 0 Å². The van der Waals surface area contributed by atoms with Gasteiger partial charge in [0.25, 0.3) is 5.91 Å². The molecule has 158 valence electrons. The molecular formula is C19H32N3O5S+. The molecule has 0 spiro atoms. The normalized spacial score (nSPS) is 15.6. The van der Waals surface area contributed by atoms with E-state index in [1.807, 2.05) is 0 Å². The molecule has 0 aromatic heterocycles. The molecule has 0 bridgehead atoms. The number of nitrogens with zero attached hydrogens (tertiary/aromatic N) is 1. The number of hydrogen-bond donors (Lipinski definition) is 2. The number of ether oxygens (including phenoxy) is 2. The average Bonchev–Trinajstić information content (AvgIpc) is 2.73. The highest BCUT2D eigenvalue weighted by Gasteiger charge is 2.30. The van der Waals surface area contributed by atoms with Crippen molar-refractivity contribution in [2.45, 2.75) is 25.2 Å². The monoisotopic (exact) mass is 414 g/mol. The topological polar surface area (TPSA) is 89.4 Å². The summed E-state index contributed by atoms with van der Waals surface area (Å²) in [4.78, 5) is 14.0. The molecule has 1 saturated heterocycles. The lowest BCUT2D eigenvalue weighted by Crippen LogP contribution is -3.11. The van der Waals surface area contributed by atoms with Crippen molar-refractivity contribution >= 4 is 15.9 Å². The minimum Gasteiger partial charge on any atom is -0.495 e. The maximum Gasteiger partial charge on any atom is 0.251 e. The maximum atomic E-state index is 13.0. The minimum atomic E-state index is -3.76. The van der Waals surface area contributed by atoms with E-state index in [2.05, 4.69) is 19.2 Å². The second-order valence-electron chi connectivity index (χ2n) is 6.70. The summed E-state index contributed by atoms with van der Waals surface area (Å²) in [5.74, 6) is -0.0520. The fourth-order valence-corrected chi connectivity index (χ4v) is 4.78. The highest BCUT2D eigenvalue weighted by Crippen LogP contribution is 2.28. The van der Waals surface area contributed by atoms with E-state index in [1.54, 1.807) is 6.07 Å². The molecule has 1 fully saturated rings. The molecule has 1 heterocycles. The van der Waals surface area contributed by atoms with Gasteiger partial charge in [0.05, 0.1) is 40.0 Å². The molecule has 0 atom stereocenters. The van der Waals surface area contributed by atoms with Crippen molar-refractivity contribution in [2.24, 2.45) is 0 Å². The molecule has 1 amide bonds. The fourth-order valence-electron chi connectivity index (χ4n) is 3.19. The van der Waals surface area contributed by atoms with E-state index >= 15 is 0 Å². The molecule has 0 radical (unpaired) electrons. The number of morpholine rings is 1. The zero-order chi connectivity index (χ0) is 20.6. The number of benzene rings is 1. The number of quaternary nitrogens is 1. The maximum absolute atomic E-state index is 13.0. The molecule has 28 heavy (non-hydrogen) atoms. The van der Waals surface area contributed by atoms with E-state index in [-0.39, 0.29) is 29.6 Å². The largest absolute Gasteiger partial charge is 0.495 e. The molecule has 1 aliphatic rings. The van der Waals surface area contributed by atoms with Crippen molar-refractivity contribution in [3.63, 3.8) is 0 Å². The van der Waals surface area contributed by atoms with Gasteiger partial charge in [0.1, 0.15) is 10.6 Å². The summed E-state index contributed by atoms with van der Waals surface area (Å²) >= 11 is 0. The van der Waals surface area contributed by atoms with Crippen LogP contribution in [0.3, 0.4) is 0 Å². The fraction of sp³-hybridized carbons (Fsp3) is 0.632. The predicted octanol–water partition coefficient (Wildman–Crippen LogP) is -0.239. The summed E-state index contributed by atoms with van der Waals surface area (Å²) in [5, 5.41) is 2.88. The minimum absolute atomic E-state index is 0.0112. The van der Waals surface area contributed by atoms with E-state index in [1.165, 1.54) is 28.4 Å². The number of methoxy groups -OCH3 is 1. The summed E-state index contributed by atoms with van der Waals surface area (Å²) in [7, 11) is -2.34. The van der Waals surface area contributed by atoms with Crippen LogP contribution in [0.4, 0.5) is 0 Å². The molecule has 1 aliphatic heterocycles. The van der Waals surface area contributed by atoms with Gasteiger partial charge in [-0.2, -0.15) is 4.31 Å². The van der Waals surface area contributed by atoms with Crippen molar-refractivity contribution in [2.75, 3.05) is 59.6 Å². The summed E-state index contributed by atoms with van der Waals surface area (Å²) in [6.45, 7) is 9.25. The van der Waals surface area contributed by atoms with Gasteiger partial charge in [0.2, 0.25) is 10.0 Å². The lowest BCUT2D eigenvalue weighted by Gasteiger charge is -2.26. The van der Waals surface area contributed by atoms with Gasteiger partial charge in [-0.25, -0.2) is 8.42 Å². The van der Waals surface area contributed by atoms with Crippen molar-refractivity contribution in [1.82, 2.24) is 9.62 Å². The van der Waals surface area contributed by atoms with Gasteiger partial charge in [-0.05, 0) is 32.0 Å². The van der Waals surface area contributed by atoms with Gasteiger partial charge in [-0.3, -0.25) is 4.79 Å². The van der Waals surface area contributed by atoms with Crippen LogP contribution in [0.1, 0.15) is 30.6 Å². The smallest absolute Gasteiger partial charge is 0.251 e. The first kappa shape index (κ1) is 22.6. The second kappa shape index (κ2) is 10.8. The number of carbonyl (C=O) groups is 1. The van der Waals surface area contributed by atoms with Crippen LogP contribution in [0.25, 0.3) is 0 Å². The Bertz CT molecular complexity index is 744. The highest BCUT2D eigenvalue weighted by atomic mass is 32.2. The lowest BCUT2D eigenvalue weighted by molar-refractivity contribution is -0.896. The molecular weight excluding hydrogens is 382 g/mol. The van der Waals surface area contributed by atoms with Crippen LogP contribution >= 0.6 is 0 Å². The quantitative estimate of drug-likeness (QED) is 0.516. The molecule has 0 aliphatic carbocycles. The van der Waals surface area contributed by atoms with Crippen LogP contribution < -0.4 is 15.0 Å². The van der Waals surface area contributed by atoms with Crippen LogP contribution in [0.15, 0.2) is 23.1 Å². The average molecular weight is 415 g/mol. The summed E-state index contributed by atoms with van der Waals surface area (Å²) in [6.07, 6.45) is 0.873. The van der Waals surface area contributed by atoms with Crippen LogP contribution in [0.2, 0.25) is 0 Å². The third-order valence-corrected chi connectivity index (χ3v) is 6.93. The predicted molar refractivity (Wildman–Crippen MR) is 106 cm³/mol. The van der Waals surface area contributed by atoms with Crippen molar-refractivity contribution in [3.05, 3.63) is 23.8 Å². The highest BCUT2D eigenvalue weighted by molar-refractivity contribution is 7.89. The molecule has 9 heteroatoms. The molecule has 0 saturated carbocycles. The SMILES string of the molecule is CC[NH+](CC)CCCNC(=O)c1ccc(OC)c(S(=O)(=O)N2CCOCC2)c1. The molecule has 2 rings (SSSR count). The van der Waals surface area contributed by atoms with Gasteiger partial charge < -0.3 is 19.7 Å². The van der Waals surface area contributed by atoms with E-state index < -0.39 is 10.0 Å². The van der Waals surface area contributed by atoms with Crippen LogP contribution in [-0.4, -0.2) is 78.2 Å². The number of sulfonamides is 1. The summed E-state index contributed by atoms with van der Waals surface area (Å²) < 4.78 is 37.8. The molecule has 1 aromatic rings. The first-order valence-electron chi connectivity index (χ1n) is 9.81. The van der Waals surface area contributed by atoms with Gasteiger partial charge in [0, 0.05) is 31.6 Å².